The van der Waals surface area contributed by atoms with Gasteiger partial charge in [0.15, 0.2) is 0 Å². The molecule has 3 heteroatoms. The van der Waals surface area contributed by atoms with Gasteiger partial charge in [0.2, 0.25) is 0 Å². The highest BCUT2D eigenvalue weighted by atomic mass is 16.5. The molecule has 17 heavy (non-hydrogen) atoms. The third kappa shape index (κ3) is 6.74. The van der Waals surface area contributed by atoms with Crippen LogP contribution in [0.15, 0.2) is 30.3 Å². The van der Waals surface area contributed by atoms with Crippen LogP contribution in [0.1, 0.15) is 32.3 Å². The van der Waals surface area contributed by atoms with E-state index in [0.29, 0.717) is 6.61 Å². The molecular formula is C14H21NO2. The summed E-state index contributed by atoms with van der Waals surface area (Å²) in [5.74, 6) is -0.217. The molecule has 0 atom stereocenters. The number of aryl methyl sites for hydroxylation is 1. The quantitative estimate of drug-likeness (QED) is 0.608. The second kappa shape index (κ2) is 6.40. The zero-order valence-corrected chi connectivity index (χ0v) is 10.6. The van der Waals surface area contributed by atoms with Crippen LogP contribution in [0.2, 0.25) is 0 Å². The van der Waals surface area contributed by atoms with Gasteiger partial charge in [0.25, 0.3) is 0 Å². The molecule has 0 spiro atoms. The van der Waals surface area contributed by atoms with Crippen LogP contribution in [0.3, 0.4) is 0 Å². The van der Waals surface area contributed by atoms with Crippen LogP contribution < -0.4 is 5.73 Å². The Bertz CT molecular complexity index is 341. The molecule has 1 rings (SSSR count). The minimum absolute atomic E-state index is 0.217. The van der Waals surface area contributed by atoms with Crippen LogP contribution in [0.25, 0.3) is 0 Å². The van der Waals surface area contributed by atoms with E-state index in [1.807, 2.05) is 32.0 Å². The minimum Gasteiger partial charge on any atom is -0.466 e. The van der Waals surface area contributed by atoms with E-state index in [1.165, 1.54) is 5.56 Å². The highest BCUT2D eigenvalue weighted by Gasteiger charge is 2.17. The second-order valence-corrected chi connectivity index (χ2v) is 4.97. The van der Waals surface area contributed by atoms with Crippen LogP contribution in [-0.4, -0.2) is 18.1 Å². The Kier molecular flexibility index (Phi) is 5.16. The smallest absolute Gasteiger partial charge is 0.307 e. The molecule has 0 radical (unpaired) electrons. The standard InChI is InChI=1S/C14H21NO2/c1-14(2,15)11-13(16)17-10-6-9-12-7-4-3-5-8-12/h3-5,7-8H,6,9-11,15H2,1-2H3. The van der Waals surface area contributed by atoms with Gasteiger partial charge in [0.05, 0.1) is 13.0 Å². The molecule has 0 amide bonds. The maximum Gasteiger partial charge on any atom is 0.307 e. The number of esters is 1. The molecule has 0 aliphatic heterocycles. The Morgan fingerprint density at radius 2 is 1.94 bits per heavy atom. The molecule has 0 bridgehead atoms. The van der Waals surface area contributed by atoms with E-state index in [1.54, 1.807) is 0 Å². The first-order valence-electron chi connectivity index (χ1n) is 5.96. The molecule has 0 heterocycles. The first-order chi connectivity index (χ1) is 7.97. The van der Waals surface area contributed by atoms with E-state index in [-0.39, 0.29) is 12.4 Å². The molecule has 0 unspecified atom stereocenters. The Balaban J connectivity index is 2.14. The molecule has 0 saturated heterocycles. The van der Waals surface area contributed by atoms with Crippen LogP contribution in [0.5, 0.6) is 0 Å². The number of carbonyl (C=O) groups is 1. The predicted octanol–water partition coefficient (Wildman–Crippen LogP) is 2.29. The van der Waals surface area contributed by atoms with Gasteiger partial charge in [0, 0.05) is 5.54 Å². The van der Waals surface area contributed by atoms with Crippen molar-refractivity contribution in [1.82, 2.24) is 0 Å². The fraction of sp³-hybridized carbons (Fsp3) is 0.500. The number of benzene rings is 1. The summed E-state index contributed by atoms with van der Waals surface area (Å²) in [5.41, 5.74) is 6.51. The van der Waals surface area contributed by atoms with Gasteiger partial charge in [-0.1, -0.05) is 30.3 Å². The number of hydrogen-bond donors (Lipinski definition) is 1. The fourth-order valence-electron chi connectivity index (χ4n) is 1.53. The average Bonchev–Trinajstić information content (AvgIpc) is 2.23. The summed E-state index contributed by atoms with van der Waals surface area (Å²) < 4.78 is 5.12. The first kappa shape index (κ1) is 13.7. The highest BCUT2D eigenvalue weighted by Crippen LogP contribution is 2.06. The van der Waals surface area contributed by atoms with E-state index in [2.05, 4.69) is 12.1 Å². The first-order valence-corrected chi connectivity index (χ1v) is 5.96. The summed E-state index contributed by atoms with van der Waals surface area (Å²) in [6.45, 7) is 4.10. The lowest BCUT2D eigenvalue weighted by atomic mass is 10.0. The van der Waals surface area contributed by atoms with Crippen molar-refractivity contribution in [3.05, 3.63) is 35.9 Å². The van der Waals surface area contributed by atoms with Crippen molar-refractivity contribution in [2.24, 2.45) is 5.73 Å². The zero-order chi connectivity index (χ0) is 12.7. The van der Waals surface area contributed by atoms with E-state index in [0.717, 1.165) is 12.8 Å². The van der Waals surface area contributed by atoms with Crippen molar-refractivity contribution in [2.75, 3.05) is 6.61 Å². The van der Waals surface area contributed by atoms with E-state index >= 15 is 0 Å². The maximum atomic E-state index is 11.4. The number of rotatable bonds is 6. The normalized spacial score (nSPS) is 11.2. The molecule has 0 fully saturated rings. The van der Waals surface area contributed by atoms with Crippen molar-refractivity contribution in [1.29, 1.82) is 0 Å². The number of carbonyl (C=O) groups excluding carboxylic acids is 1. The zero-order valence-electron chi connectivity index (χ0n) is 10.6. The van der Waals surface area contributed by atoms with Crippen molar-refractivity contribution >= 4 is 5.97 Å². The largest absolute Gasteiger partial charge is 0.466 e. The Morgan fingerprint density at radius 3 is 2.53 bits per heavy atom. The van der Waals surface area contributed by atoms with Crippen molar-refractivity contribution < 1.29 is 9.53 Å². The Morgan fingerprint density at radius 1 is 1.29 bits per heavy atom. The van der Waals surface area contributed by atoms with E-state index < -0.39 is 5.54 Å². The fourth-order valence-corrected chi connectivity index (χ4v) is 1.53. The van der Waals surface area contributed by atoms with Gasteiger partial charge in [-0.15, -0.1) is 0 Å². The number of nitrogens with two attached hydrogens (primary N) is 1. The molecule has 94 valence electrons. The maximum absolute atomic E-state index is 11.4. The van der Waals surface area contributed by atoms with Crippen molar-refractivity contribution in [3.8, 4) is 0 Å². The monoisotopic (exact) mass is 235 g/mol. The summed E-state index contributed by atoms with van der Waals surface area (Å²) in [5, 5.41) is 0. The number of ether oxygens (including phenoxy) is 1. The van der Waals surface area contributed by atoms with Crippen molar-refractivity contribution in [3.63, 3.8) is 0 Å². The lowest BCUT2D eigenvalue weighted by Gasteiger charge is -2.16. The molecular weight excluding hydrogens is 214 g/mol. The van der Waals surface area contributed by atoms with Gasteiger partial charge in [-0.05, 0) is 32.3 Å². The van der Waals surface area contributed by atoms with E-state index in [4.69, 9.17) is 10.5 Å². The van der Waals surface area contributed by atoms with Gasteiger partial charge >= 0.3 is 5.97 Å². The molecule has 0 aliphatic carbocycles. The summed E-state index contributed by atoms with van der Waals surface area (Å²) in [7, 11) is 0. The lowest BCUT2D eigenvalue weighted by Crippen LogP contribution is -2.35. The topological polar surface area (TPSA) is 52.3 Å². The molecule has 2 N–H and O–H groups in total. The van der Waals surface area contributed by atoms with E-state index in [9.17, 15) is 4.79 Å². The van der Waals surface area contributed by atoms with Gasteiger partial charge < -0.3 is 10.5 Å². The molecule has 0 aromatic heterocycles. The van der Waals surface area contributed by atoms with Gasteiger partial charge in [-0.25, -0.2) is 0 Å². The van der Waals surface area contributed by atoms with Crippen molar-refractivity contribution in [2.45, 2.75) is 38.6 Å². The third-order valence-electron chi connectivity index (χ3n) is 2.32. The molecule has 0 aliphatic rings. The molecule has 3 nitrogen and oxygen atoms in total. The van der Waals surface area contributed by atoms with Gasteiger partial charge in [-0.2, -0.15) is 0 Å². The lowest BCUT2D eigenvalue weighted by molar-refractivity contribution is -0.144. The summed E-state index contributed by atoms with van der Waals surface area (Å²) in [4.78, 5) is 11.4. The predicted molar refractivity (Wildman–Crippen MR) is 68.6 cm³/mol. The summed E-state index contributed by atoms with van der Waals surface area (Å²) >= 11 is 0. The van der Waals surface area contributed by atoms with Gasteiger partial charge in [0.1, 0.15) is 0 Å². The Labute approximate surface area is 103 Å². The summed E-state index contributed by atoms with van der Waals surface area (Å²) in [6, 6.07) is 10.2. The molecule has 0 saturated carbocycles. The molecule has 1 aromatic carbocycles. The highest BCUT2D eigenvalue weighted by molar-refractivity contribution is 5.70. The SMILES string of the molecule is CC(C)(N)CC(=O)OCCCc1ccccc1. The van der Waals surface area contributed by atoms with Gasteiger partial charge in [-0.3, -0.25) is 4.79 Å². The number of hydrogen-bond acceptors (Lipinski definition) is 3. The third-order valence-corrected chi connectivity index (χ3v) is 2.32. The Hall–Kier alpha value is -1.35. The molecule has 1 aromatic rings. The van der Waals surface area contributed by atoms with Crippen LogP contribution in [0, 0.1) is 0 Å². The van der Waals surface area contributed by atoms with Crippen LogP contribution in [-0.2, 0) is 16.0 Å². The second-order valence-electron chi connectivity index (χ2n) is 4.97. The minimum atomic E-state index is -0.490. The summed E-state index contributed by atoms with van der Waals surface area (Å²) in [6.07, 6.45) is 2.04. The van der Waals surface area contributed by atoms with Crippen LogP contribution in [0.4, 0.5) is 0 Å². The average molecular weight is 235 g/mol. The van der Waals surface area contributed by atoms with Crippen LogP contribution >= 0.6 is 0 Å².